The molecule has 0 saturated heterocycles. The van der Waals surface area contributed by atoms with Crippen molar-refractivity contribution in [1.29, 1.82) is 0 Å². The summed E-state index contributed by atoms with van der Waals surface area (Å²) in [4.78, 5) is 11.1. The molecule has 0 aliphatic rings. The van der Waals surface area contributed by atoms with E-state index in [9.17, 15) is 4.79 Å². The molecule has 0 bridgehead atoms. The number of hydrogen-bond acceptors (Lipinski definition) is 2. The van der Waals surface area contributed by atoms with Gasteiger partial charge in [-0.3, -0.25) is 0 Å². The van der Waals surface area contributed by atoms with E-state index >= 15 is 0 Å². The molecule has 0 aromatic heterocycles. The van der Waals surface area contributed by atoms with Crippen molar-refractivity contribution in [2.75, 3.05) is 7.05 Å². The van der Waals surface area contributed by atoms with Gasteiger partial charge in [-0.2, -0.15) is 0 Å². The smallest absolute Gasteiger partial charge is 0.410 e. The van der Waals surface area contributed by atoms with Crippen LogP contribution in [0, 0.1) is 0 Å². The molecule has 1 rings (SSSR count). The fourth-order valence-corrected chi connectivity index (χ4v) is 1.64. The van der Waals surface area contributed by atoms with Crippen molar-refractivity contribution < 1.29 is 9.53 Å². The molecule has 0 heterocycles. The fourth-order valence-electron chi connectivity index (χ4n) is 1.64. The molecule has 16 heavy (non-hydrogen) atoms. The number of carbonyl (C=O) groups is 1. The Balaban J connectivity index is 2.74. The van der Waals surface area contributed by atoms with Crippen LogP contribution in [-0.4, -0.2) is 13.1 Å². The van der Waals surface area contributed by atoms with E-state index < -0.39 is 6.09 Å². The quantitative estimate of drug-likeness (QED) is 0.847. The van der Waals surface area contributed by atoms with E-state index in [1.807, 2.05) is 12.1 Å². The van der Waals surface area contributed by atoms with Gasteiger partial charge in [0, 0.05) is 7.05 Å². The van der Waals surface area contributed by atoms with Crippen LogP contribution in [0.15, 0.2) is 24.3 Å². The first-order chi connectivity index (χ1) is 7.67. The van der Waals surface area contributed by atoms with Crippen LogP contribution in [0.3, 0.4) is 0 Å². The highest BCUT2D eigenvalue weighted by atomic mass is 16.5. The van der Waals surface area contributed by atoms with Gasteiger partial charge in [-0.05, 0) is 30.0 Å². The van der Waals surface area contributed by atoms with Crippen LogP contribution in [0.2, 0.25) is 0 Å². The summed E-state index contributed by atoms with van der Waals surface area (Å²) in [6, 6.07) is 7.70. The van der Waals surface area contributed by atoms with Crippen molar-refractivity contribution in [3.8, 4) is 5.75 Å². The Labute approximate surface area is 96.8 Å². The molecule has 1 atom stereocenters. The van der Waals surface area contributed by atoms with Gasteiger partial charge in [-0.25, -0.2) is 4.79 Å². The van der Waals surface area contributed by atoms with E-state index in [0.717, 1.165) is 12.8 Å². The summed E-state index contributed by atoms with van der Waals surface area (Å²) >= 11 is 0. The molecule has 0 saturated carbocycles. The van der Waals surface area contributed by atoms with Gasteiger partial charge in [0.2, 0.25) is 0 Å². The molecule has 88 valence electrons. The summed E-state index contributed by atoms with van der Waals surface area (Å²) in [5, 5.41) is 2.43. The first kappa shape index (κ1) is 12.6. The normalized spacial score (nSPS) is 11.9. The average molecular weight is 221 g/mol. The number of ether oxygens (including phenoxy) is 1. The van der Waals surface area contributed by atoms with Crippen molar-refractivity contribution >= 4 is 6.09 Å². The summed E-state index contributed by atoms with van der Waals surface area (Å²) in [6.45, 7) is 4.35. The lowest BCUT2D eigenvalue weighted by molar-refractivity contribution is 0.203. The second-order valence-electron chi connectivity index (χ2n) is 3.90. The summed E-state index contributed by atoms with van der Waals surface area (Å²) in [7, 11) is 1.55. The summed E-state index contributed by atoms with van der Waals surface area (Å²) in [6.07, 6.45) is 1.87. The zero-order chi connectivity index (χ0) is 12.0. The first-order valence-corrected chi connectivity index (χ1v) is 5.67. The highest BCUT2D eigenvalue weighted by molar-refractivity contribution is 5.69. The summed E-state index contributed by atoms with van der Waals surface area (Å²) < 4.78 is 5.08. The van der Waals surface area contributed by atoms with E-state index in [0.29, 0.717) is 11.7 Å². The lowest BCUT2D eigenvalue weighted by atomic mass is 9.96. The Hall–Kier alpha value is -1.51. The lowest BCUT2D eigenvalue weighted by Crippen LogP contribution is -2.22. The number of hydrogen-bond donors (Lipinski definition) is 1. The number of benzene rings is 1. The standard InChI is InChI=1S/C13H19NO2/c1-4-6-10(2)11-7-5-8-12(9-11)16-13(15)14-3/h5,7-10H,4,6H2,1-3H3,(H,14,15)/t10-/m0/s1. The van der Waals surface area contributed by atoms with Gasteiger partial charge in [0.25, 0.3) is 0 Å². The highest BCUT2D eigenvalue weighted by Gasteiger charge is 2.07. The van der Waals surface area contributed by atoms with Crippen LogP contribution in [-0.2, 0) is 0 Å². The van der Waals surface area contributed by atoms with Crippen LogP contribution in [0.4, 0.5) is 4.79 Å². The molecule has 0 aliphatic carbocycles. The largest absolute Gasteiger partial charge is 0.412 e. The van der Waals surface area contributed by atoms with Crippen molar-refractivity contribution in [3.05, 3.63) is 29.8 Å². The third-order valence-corrected chi connectivity index (χ3v) is 2.56. The molecule has 0 unspecified atom stereocenters. The predicted molar refractivity (Wildman–Crippen MR) is 64.8 cm³/mol. The van der Waals surface area contributed by atoms with E-state index in [1.54, 1.807) is 13.1 Å². The molecule has 0 fully saturated rings. The zero-order valence-electron chi connectivity index (χ0n) is 10.1. The van der Waals surface area contributed by atoms with Crippen molar-refractivity contribution in [2.45, 2.75) is 32.6 Å². The van der Waals surface area contributed by atoms with Gasteiger partial charge >= 0.3 is 6.09 Å². The van der Waals surface area contributed by atoms with E-state index in [2.05, 4.69) is 25.2 Å². The molecule has 0 radical (unpaired) electrons. The van der Waals surface area contributed by atoms with Gasteiger partial charge in [-0.1, -0.05) is 32.4 Å². The number of nitrogens with one attached hydrogen (secondary N) is 1. The summed E-state index contributed by atoms with van der Waals surface area (Å²) in [5.41, 5.74) is 1.21. The monoisotopic (exact) mass is 221 g/mol. The lowest BCUT2D eigenvalue weighted by Gasteiger charge is -2.11. The Morgan fingerprint density at radius 3 is 2.88 bits per heavy atom. The minimum atomic E-state index is -0.430. The summed E-state index contributed by atoms with van der Waals surface area (Å²) in [5.74, 6) is 1.10. The SMILES string of the molecule is CCC[C@H](C)c1cccc(OC(=O)NC)c1. The van der Waals surface area contributed by atoms with Crippen LogP contribution in [0.5, 0.6) is 5.75 Å². The Kier molecular flexibility index (Phi) is 4.83. The number of rotatable bonds is 4. The maximum atomic E-state index is 11.1. The van der Waals surface area contributed by atoms with Crippen LogP contribution in [0.25, 0.3) is 0 Å². The number of carbonyl (C=O) groups excluding carboxylic acids is 1. The second-order valence-corrected chi connectivity index (χ2v) is 3.90. The molecule has 1 aromatic rings. The van der Waals surface area contributed by atoms with Gasteiger partial charge in [-0.15, -0.1) is 0 Å². The van der Waals surface area contributed by atoms with E-state index in [1.165, 1.54) is 5.56 Å². The minimum Gasteiger partial charge on any atom is -0.410 e. The maximum Gasteiger partial charge on any atom is 0.412 e. The van der Waals surface area contributed by atoms with Gasteiger partial charge in [0.15, 0.2) is 0 Å². The zero-order valence-corrected chi connectivity index (χ0v) is 10.1. The maximum absolute atomic E-state index is 11.1. The predicted octanol–water partition coefficient (Wildman–Crippen LogP) is 3.31. The molecular weight excluding hydrogens is 202 g/mol. The van der Waals surface area contributed by atoms with Crippen molar-refractivity contribution in [3.63, 3.8) is 0 Å². The van der Waals surface area contributed by atoms with Crippen LogP contribution < -0.4 is 10.1 Å². The van der Waals surface area contributed by atoms with Crippen LogP contribution in [0.1, 0.15) is 38.2 Å². The molecule has 1 amide bonds. The van der Waals surface area contributed by atoms with Crippen LogP contribution >= 0.6 is 0 Å². The molecule has 0 spiro atoms. The minimum absolute atomic E-state index is 0.430. The fraction of sp³-hybridized carbons (Fsp3) is 0.462. The highest BCUT2D eigenvalue weighted by Crippen LogP contribution is 2.24. The van der Waals surface area contributed by atoms with Gasteiger partial charge in [0.05, 0.1) is 0 Å². The molecule has 3 heteroatoms. The molecule has 3 nitrogen and oxygen atoms in total. The first-order valence-electron chi connectivity index (χ1n) is 5.67. The second kappa shape index (κ2) is 6.16. The average Bonchev–Trinajstić information content (AvgIpc) is 2.29. The molecule has 1 aromatic carbocycles. The van der Waals surface area contributed by atoms with E-state index in [-0.39, 0.29) is 0 Å². The topological polar surface area (TPSA) is 38.3 Å². The third-order valence-electron chi connectivity index (χ3n) is 2.56. The molecule has 0 aliphatic heterocycles. The van der Waals surface area contributed by atoms with Gasteiger partial charge < -0.3 is 10.1 Å². The Morgan fingerprint density at radius 2 is 2.25 bits per heavy atom. The van der Waals surface area contributed by atoms with Gasteiger partial charge in [0.1, 0.15) is 5.75 Å². The third kappa shape index (κ3) is 3.57. The molecular formula is C13H19NO2. The molecule has 1 N–H and O–H groups in total. The van der Waals surface area contributed by atoms with Crippen molar-refractivity contribution in [2.24, 2.45) is 0 Å². The van der Waals surface area contributed by atoms with Crippen molar-refractivity contribution in [1.82, 2.24) is 5.32 Å². The van der Waals surface area contributed by atoms with E-state index in [4.69, 9.17) is 4.74 Å². The Bertz CT molecular complexity index is 350. The number of amides is 1. The Morgan fingerprint density at radius 1 is 1.50 bits per heavy atom.